The van der Waals surface area contributed by atoms with Crippen molar-refractivity contribution in [2.75, 3.05) is 33.7 Å². The zero-order valence-corrected chi connectivity index (χ0v) is 8.02. The van der Waals surface area contributed by atoms with Crippen molar-refractivity contribution in [2.24, 2.45) is 0 Å². The largest absolute Gasteiger partial charge is 0.388 e. The predicted molar refractivity (Wildman–Crippen MR) is 47.7 cm³/mol. The van der Waals surface area contributed by atoms with Crippen molar-refractivity contribution in [1.82, 2.24) is 10.2 Å². The molecule has 0 aliphatic rings. The van der Waals surface area contributed by atoms with Crippen LogP contribution in [0.1, 0.15) is 13.8 Å². The Morgan fingerprint density at radius 2 is 2.00 bits per heavy atom. The fraction of sp³-hybridized carbons (Fsp3) is 1.00. The second-order valence-corrected chi connectivity index (χ2v) is 3.52. The van der Waals surface area contributed by atoms with Gasteiger partial charge in [0.2, 0.25) is 0 Å². The van der Waals surface area contributed by atoms with Crippen LogP contribution in [0, 0.1) is 0 Å². The van der Waals surface area contributed by atoms with Gasteiger partial charge in [0.05, 0.1) is 5.60 Å². The van der Waals surface area contributed by atoms with E-state index < -0.39 is 5.60 Å². The summed E-state index contributed by atoms with van der Waals surface area (Å²) in [7, 11) is 3.92. The Kier molecular flexibility index (Phi) is 4.65. The molecule has 0 amide bonds. The van der Waals surface area contributed by atoms with Crippen molar-refractivity contribution in [1.29, 1.82) is 0 Å². The molecule has 68 valence electrons. The van der Waals surface area contributed by atoms with Crippen LogP contribution >= 0.6 is 0 Å². The van der Waals surface area contributed by atoms with E-state index in [-0.39, 0.29) is 0 Å². The highest BCUT2D eigenvalue weighted by Gasteiger charge is 2.19. The van der Waals surface area contributed by atoms with E-state index in [1.165, 1.54) is 0 Å². The summed E-state index contributed by atoms with van der Waals surface area (Å²) in [6.07, 6.45) is 0. The van der Waals surface area contributed by atoms with Crippen LogP contribution in [0.3, 0.4) is 0 Å². The first-order chi connectivity index (χ1) is 4.98. The maximum absolute atomic E-state index is 9.71. The lowest BCUT2D eigenvalue weighted by Crippen LogP contribution is -2.45. The fourth-order valence-electron chi connectivity index (χ4n) is 1.13. The number of nitrogens with one attached hydrogen (secondary N) is 1. The van der Waals surface area contributed by atoms with Crippen LogP contribution in [0.2, 0.25) is 0 Å². The third-order valence-corrected chi connectivity index (χ3v) is 1.41. The molecule has 0 rings (SSSR count). The van der Waals surface area contributed by atoms with Gasteiger partial charge in [-0.25, -0.2) is 0 Å². The summed E-state index contributed by atoms with van der Waals surface area (Å²) in [6.45, 7) is 6.13. The molecule has 0 spiro atoms. The molecule has 0 aliphatic heterocycles. The lowest BCUT2D eigenvalue weighted by atomic mass is 10.1. The van der Waals surface area contributed by atoms with E-state index in [9.17, 15) is 5.11 Å². The van der Waals surface area contributed by atoms with Gasteiger partial charge in [-0.1, -0.05) is 6.92 Å². The molecule has 0 saturated carbocycles. The van der Waals surface area contributed by atoms with Gasteiger partial charge in [0.25, 0.3) is 0 Å². The number of likely N-dealkylation sites (N-methyl/N-ethyl adjacent to an activating group) is 2. The maximum Gasteiger partial charge on any atom is 0.0869 e. The van der Waals surface area contributed by atoms with Gasteiger partial charge in [-0.2, -0.15) is 0 Å². The van der Waals surface area contributed by atoms with E-state index in [2.05, 4.69) is 5.32 Å². The number of nitrogens with zero attached hydrogens (tertiary/aromatic N) is 1. The van der Waals surface area contributed by atoms with Crippen molar-refractivity contribution in [3.05, 3.63) is 0 Å². The number of rotatable bonds is 5. The molecule has 0 aliphatic carbocycles. The lowest BCUT2D eigenvalue weighted by Gasteiger charge is -2.26. The third kappa shape index (κ3) is 6.28. The molecule has 0 heterocycles. The van der Waals surface area contributed by atoms with Crippen LogP contribution in [-0.2, 0) is 0 Å². The monoisotopic (exact) mass is 160 g/mol. The molecule has 11 heavy (non-hydrogen) atoms. The van der Waals surface area contributed by atoms with Crippen molar-refractivity contribution < 1.29 is 5.11 Å². The van der Waals surface area contributed by atoms with Gasteiger partial charge in [-0.05, 0) is 27.6 Å². The predicted octanol–water partition coefficient (Wildman–Crippen LogP) is -0.0915. The highest BCUT2D eigenvalue weighted by atomic mass is 16.3. The number of aliphatic hydroxyl groups is 1. The molecule has 3 nitrogen and oxygen atoms in total. The summed E-state index contributed by atoms with van der Waals surface area (Å²) in [6, 6.07) is 0. The van der Waals surface area contributed by atoms with Crippen LogP contribution in [0.15, 0.2) is 0 Å². The van der Waals surface area contributed by atoms with E-state index in [0.717, 1.165) is 6.54 Å². The van der Waals surface area contributed by atoms with Crippen LogP contribution in [0.5, 0.6) is 0 Å². The van der Waals surface area contributed by atoms with Gasteiger partial charge in [-0.3, -0.25) is 0 Å². The first-order valence-electron chi connectivity index (χ1n) is 4.06. The Labute approximate surface area is 69.4 Å². The minimum absolute atomic E-state index is 0.612. The standard InChI is InChI=1S/C8H20N2O/c1-5-9-6-8(2,11)7-10(3)4/h9,11H,5-7H2,1-4H3. The van der Waals surface area contributed by atoms with Crippen LogP contribution in [-0.4, -0.2) is 49.3 Å². The normalized spacial score (nSPS) is 16.9. The molecule has 3 heteroatoms. The van der Waals surface area contributed by atoms with Gasteiger partial charge >= 0.3 is 0 Å². The van der Waals surface area contributed by atoms with Gasteiger partial charge < -0.3 is 15.3 Å². The van der Waals surface area contributed by atoms with E-state index in [1.54, 1.807) is 0 Å². The quantitative estimate of drug-likeness (QED) is 0.590. The highest BCUT2D eigenvalue weighted by Crippen LogP contribution is 2.01. The maximum atomic E-state index is 9.71. The molecule has 0 bridgehead atoms. The topological polar surface area (TPSA) is 35.5 Å². The van der Waals surface area contributed by atoms with Crippen LogP contribution in [0.25, 0.3) is 0 Å². The first-order valence-corrected chi connectivity index (χ1v) is 4.06. The second-order valence-electron chi connectivity index (χ2n) is 3.52. The van der Waals surface area contributed by atoms with E-state index in [0.29, 0.717) is 13.1 Å². The minimum atomic E-state index is -0.612. The number of hydrogen-bond donors (Lipinski definition) is 2. The van der Waals surface area contributed by atoms with Crippen molar-refractivity contribution >= 4 is 0 Å². The molecule has 2 N–H and O–H groups in total. The van der Waals surface area contributed by atoms with Gasteiger partial charge in [0.1, 0.15) is 0 Å². The highest BCUT2D eigenvalue weighted by molar-refractivity contribution is 4.77. The fourth-order valence-corrected chi connectivity index (χ4v) is 1.13. The zero-order valence-electron chi connectivity index (χ0n) is 8.02. The molecular formula is C8H20N2O. The Morgan fingerprint density at radius 1 is 1.45 bits per heavy atom. The summed E-state index contributed by atoms with van der Waals surface area (Å²) >= 11 is 0. The van der Waals surface area contributed by atoms with E-state index >= 15 is 0 Å². The third-order valence-electron chi connectivity index (χ3n) is 1.41. The van der Waals surface area contributed by atoms with Crippen molar-refractivity contribution in [2.45, 2.75) is 19.4 Å². The van der Waals surface area contributed by atoms with Crippen molar-refractivity contribution in [3.63, 3.8) is 0 Å². The molecular weight excluding hydrogens is 140 g/mol. The average Bonchev–Trinajstić information content (AvgIpc) is 1.81. The SMILES string of the molecule is CCNCC(C)(O)CN(C)C. The minimum Gasteiger partial charge on any atom is -0.388 e. The lowest BCUT2D eigenvalue weighted by molar-refractivity contribution is 0.0343. The second kappa shape index (κ2) is 4.70. The van der Waals surface area contributed by atoms with Crippen molar-refractivity contribution in [3.8, 4) is 0 Å². The van der Waals surface area contributed by atoms with Gasteiger partial charge in [0, 0.05) is 13.1 Å². The first kappa shape index (κ1) is 10.9. The summed E-state index contributed by atoms with van der Waals surface area (Å²) in [5, 5.41) is 12.8. The molecule has 0 aromatic rings. The Morgan fingerprint density at radius 3 is 2.36 bits per heavy atom. The summed E-state index contributed by atoms with van der Waals surface area (Å²) < 4.78 is 0. The molecule has 1 atom stereocenters. The zero-order chi connectivity index (χ0) is 8.91. The van der Waals surface area contributed by atoms with E-state index in [1.807, 2.05) is 32.8 Å². The smallest absolute Gasteiger partial charge is 0.0869 e. The average molecular weight is 160 g/mol. The van der Waals surface area contributed by atoms with Crippen LogP contribution in [0.4, 0.5) is 0 Å². The van der Waals surface area contributed by atoms with Gasteiger partial charge in [0.15, 0.2) is 0 Å². The molecule has 0 aromatic carbocycles. The molecule has 0 radical (unpaired) electrons. The van der Waals surface area contributed by atoms with E-state index in [4.69, 9.17) is 0 Å². The summed E-state index contributed by atoms with van der Waals surface area (Å²) in [4.78, 5) is 1.98. The molecule has 1 unspecified atom stereocenters. The van der Waals surface area contributed by atoms with Crippen LogP contribution < -0.4 is 5.32 Å². The molecule has 0 aromatic heterocycles. The van der Waals surface area contributed by atoms with Gasteiger partial charge in [-0.15, -0.1) is 0 Å². The summed E-state index contributed by atoms with van der Waals surface area (Å²) in [5.74, 6) is 0. The Bertz CT molecular complexity index is 102. The molecule has 0 saturated heterocycles. The number of hydrogen-bond acceptors (Lipinski definition) is 3. The molecule has 0 fully saturated rings. The Hall–Kier alpha value is -0.120. The Balaban J connectivity index is 3.61. The summed E-state index contributed by atoms with van der Waals surface area (Å²) in [5.41, 5.74) is -0.612.